The molecule has 0 aliphatic carbocycles. The molecule has 0 bridgehead atoms. The van der Waals surface area contributed by atoms with Crippen LogP contribution in [0.25, 0.3) is 0 Å². The molecule has 1 aromatic heterocycles. The summed E-state index contributed by atoms with van der Waals surface area (Å²) in [6.45, 7) is 5.56. The zero-order chi connectivity index (χ0) is 14.6. The first-order chi connectivity index (χ1) is 8.97. The van der Waals surface area contributed by atoms with E-state index in [9.17, 15) is 9.59 Å². The monoisotopic (exact) mass is 284 g/mol. The maximum Gasteiger partial charge on any atom is 0.260 e. The van der Waals surface area contributed by atoms with E-state index in [1.165, 1.54) is 18.4 Å². The Morgan fingerprint density at radius 3 is 2.42 bits per heavy atom. The van der Waals surface area contributed by atoms with Crippen molar-refractivity contribution in [2.45, 2.75) is 20.3 Å². The van der Waals surface area contributed by atoms with E-state index in [1.54, 1.807) is 0 Å². The van der Waals surface area contributed by atoms with E-state index >= 15 is 0 Å². The molecule has 0 saturated carbocycles. The predicted molar refractivity (Wildman–Crippen MR) is 78.8 cm³/mol. The Bertz CT molecular complexity index is 484. The van der Waals surface area contributed by atoms with E-state index in [2.05, 4.69) is 5.32 Å². The molecule has 0 saturated heterocycles. The van der Waals surface area contributed by atoms with Gasteiger partial charge in [0.2, 0.25) is 0 Å². The second kappa shape index (κ2) is 6.42. The van der Waals surface area contributed by atoms with Crippen LogP contribution in [0.4, 0.5) is 10.7 Å². The van der Waals surface area contributed by atoms with Gasteiger partial charge in [0.25, 0.3) is 11.8 Å². The molecule has 0 aliphatic heterocycles. The Labute approximate surface area is 116 Å². The number of carbonyl (C=O) groups excluding carboxylic acids is 2. The standard InChI is InChI=1S/C12H20N4O2S/c1-4-6-16(5-2)12-7(11(18)15-3)8(13)9(19-12)10(14)17/h4-6,13H2,1-3H3,(H2,14,17)(H,15,18). The molecular formula is C12H20N4O2S. The number of nitrogens with one attached hydrogen (secondary N) is 1. The van der Waals surface area contributed by atoms with Gasteiger partial charge in [-0.15, -0.1) is 11.3 Å². The topological polar surface area (TPSA) is 101 Å². The summed E-state index contributed by atoms with van der Waals surface area (Å²) in [5, 5.41) is 3.25. The maximum atomic E-state index is 12.0. The van der Waals surface area contributed by atoms with Gasteiger partial charge >= 0.3 is 0 Å². The van der Waals surface area contributed by atoms with Crippen molar-refractivity contribution in [3.8, 4) is 0 Å². The second-order valence-corrected chi connectivity index (χ2v) is 5.05. The van der Waals surface area contributed by atoms with Crippen molar-refractivity contribution in [3.05, 3.63) is 10.4 Å². The van der Waals surface area contributed by atoms with E-state index in [-0.39, 0.29) is 16.5 Å². The fourth-order valence-corrected chi connectivity index (χ4v) is 3.01. The Balaban J connectivity index is 3.39. The number of rotatable bonds is 6. The number of anilines is 2. The molecule has 0 atom stereocenters. The first kappa shape index (κ1) is 15.3. The third-order valence-corrected chi connectivity index (χ3v) is 4.05. The Morgan fingerprint density at radius 2 is 2.00 bits per heavy atom. The van der Waals surface area contributed by atoms with E-state index in [4.69, 9.17) is 11.5 Å². The Kier molecular flexibility index (Phi) is 5.17. The van der Waals surface area contributed by atoms with Crippen molar-refractivity contribution in [2.24, 2.45) is 5.73 Å². The second-order valence-electron chi connectivity index (χ2n) is 4.05. The molecule has 6 nitrogen and oxygen atoms in total. The van der Waals surface area contributed by atoms with Crippen LogP contribution in [0, 0.1) is 0 Å². The minimum atomic E-state index is -0.605. The number of carbonyl (C=O) groups is 2. The fourth-order valence-electron chi connectivity index (χ4n) is 1.85. The molecule has 106 valence electrons. The van der Waals surface area contributed by atoms with Gasteiger partial charge in [0.05, 0.1) is 11.3 Å². The lowest BCUT2D eigenvalue weighted by molar-refractivity contribution is 0.0964. The molecule has 5 N–H and O–H groups in total. The molecular weight excluding hydrogens is 264 g/mol. The average molecular weight is 284 g/mol. The summed E-state index contributed by atoms with van der Waals surface area (Å²) in [5.74, 6) is -0.905. The SMILES string of the molecule is CCCN(CC)c1sc(C(N)=O)c(N)c1C(=O)NC. The number of primary amides is 1. The van der Waals surface area contributed by atoms with Gasteiger partial charge in [-0.2, -0.15) is 0 Å². The molecule has 0 aromatic carbocycles. The highest BCUT2D eigenvalue weighted by atomic mass is 32.1. The van der Waals surface area contributed by atoms with Crippen molar-refractivity contribution >= 4 is 33.8 Å². The van der Waals surface area contributed by atoms with Crippen LogP contribution < -0.4 is 21.7 Å². The first-order valence-electron chi connectivity index (χ1n) is 6.16. The van der Waals surface area contributed by atoms with Gasteiger partial charge in [-0.3, -0.25) is 9.59 Å². The van der Waals surface area contributed by atoms with Gasteiger partial charge in [0, 0.05) is 20.1 Å². The third-order valence-electron chi connectivity index (χ3n) is 2.77. The van der Waals surface area contributed by atoms with Crippen molar-refractivity contribution in [1.29, 1.82) is 0 Å². The van der Waals surface area contributed by atoms with Gasteiger partial charge in [0.15, 0.2) is 0 Å². The first-order valence-corrected chi connectivity index (χ1v) is 6.98. The van der Waals surface area contributed by atoms with Crippen molar-refractivity contribution < 1.29 is 9.59 Å². The van der Waals surface area contributed by atoms with Crippen molar-refractivity contribution in [2.75, 3.05) is 30.8 Å². The summed E-state index contributed by atoms with van der Waals surface area (Å²) in [6, 6.07) is 0. The summed E-state index contributed by atoms with van der Waals surface area (Å²) in [5.41, 5.74) is 11.7. The van der Waals surface area contributed by atoms with Gasteiger partial charge < -0.3 is 21.7 Å². The minimum Gasteiger partial charge on any atom is -0.397 e. The normalized spacial score (nSPS) is 10.3. The summed E-state index contributed by atoms with van der Waals surface area (Å²) in [6.07, 6.45) is 0.935. The van der Waals surface area contributed by atoms with Crippen LogP contribution in [0.3, 0.4) is 0 Å². The van der Waals surface area contributed by atoms with Crippen LogP contribution in [0.1, 0.15) is 40.3 Å². The van der Waals surface area contributed by atoms with Crippen LogP contribution in [0.15, 0.2) is 0 Å². The number of thiophene rings is 1. The molecule has 1 rings (SSSR count). The molecule has 0 radical (unpaired) electrons. The lowest BCUT2D eigenvalue weighted by Gasteiger charge is -2.21. The largest absolute Gasteiger partial charge is 0.397 e. The van der Waals surface area contributed by atoms with E-state index in [1.807, 2.05) is 18.7 Å². The molecule has 2 amide bonds. The van der Waals surface area contributed by atoms with E-state index < -0.39 is 5.91 Å². The number of nitrogen functional groups attached to an aromatic ring is 1. The smallest absolute Gasteiger partial charge is 0.260 e. The van der Waals surface area contributed by atoms with Crippen LogP contribution in [0.5, 0.6) is 0 Å². The lowest BCUT2D eigenvalue weighted by Crippen LogP contribution is -2.27. The van der Waals surface area contributed by atoms with Crippen LogP contribution in [-0.2, 0) is 0 Å². The number of hydrogen-bond donors (Lipinski definition) is 3. The Hall–Kier alpha value is -1.76. The zero-order valence-electron chi connectivity index (χ0n) is 11.4. The number of nitrogens with zero attached hydrogens (tertiary/aromatic N) is 1. The molecule has 0 fully saturated rings. The summed E-state index contributed by atoms with van der Waals surface area (Å²) < 4.78 is 0. The minimum absolute atomic E-state index is 0.168. The van der Waals surface area contributed by atoms with Crippen LogP contribution >= 0.6 is 11.3 Å². The Morgan fingerprint density at radius 1 is 1.37 bits per heavy atom. The fraction of sp³-hybridized carbons (Fsp3) is 0.500. The summed E-state index contributed by atoms with van der Waals surface area (Å²) in [7, 11) is 1.53. The zero-order valence-corrected chi connectivity index (χ0v) is 12.3. The lowest BCUT2D eigenvalue weighted by atomic mass is 10.2. The van der Waals surface area contributed by atoms with Gasteiger partial charge in [-0.25, -0.2) is 0 Å². The molecule has 1 aromatic rings. The molecule has 0 spiro atoms. The summed E-state index contributed by atoms with van der Waals surface area (Å²) in [4.78, 5) is 25.6. The van der Waals surface area contributed by atoms with Gasteiger partial charge in [0.1, 0.15) is 9.88 Å². The highest BCUT2D eigenvalue weighted by molar-refractivity contribution is 7.19. The van der Waals surface area contributed by atoms with Crippen LogP contribution in [-0.4, -0.2) is 32.0 Å². The number of nitrogens with two attached hydrogens (primary N) is 2. The molecule has 1 heterocycles. The van der Waals surface area contributed by atoms with Gasteiger partial charge in [-0.05, 0) is 13.3 Å². The maximum absolute atomic E-state index is 12.0. The molecule has 7 heteroatoms. The number of hydrogen-bond acceptors (Lipinski definition) is 5. The summed E-state index contributed by atoms with van der Waals surface area (Å²) >= 11 is 1.18. The molecule has 19 heavy (non-hydrogen) atoms. The van der Waals surface area contributed by atoms with E-state index in [0.29, 0.717) is 10.6 Å². The van der Waals surface area contributed by atoms with Crippen molar-refractivity contribution in [3.63, 3.8) is 0 Å². The third kappa shape index (κ3) is 2.98. The highest BCUT2D eigenvalue weighted by Gasteiger charge is 2.26. The van der Waals surface area contributed by atoms with Crippen molar-refractivity contribution in [1.82, 2.24) is 5.32 Å². The number of amides is 2. The predicted octanol–water partition coefficient (Wildman–Crippen LogP) is 1.03. The van der Waals surface area contributed by atoms with Crippen LogP contribution in [0.2, 0.25) is 0 Å². The highest BCUT2D eigenvalue weighted by Crippen LogP contribution is 2.38. The molecule has 0 aliphatic rings. The van der Waals surface area contributed by atoms with E-state index in [0.717, 1.165) is 19.5 Å². The molecule has 0 unspecified atom stereocenters. The van der Waals surface area contributed by atoms with Gasteiger partial charge in [-0.1, -0.05) is 6.92 Å². The quantitative estimate of drug-likeness (QED) is 0.726. The average Bonchev–Trinajstić information content (AvgIpc) is 2.72.